The van der Waals surface area contributed by atoms with Gasteiger partial charge in [-0.2, -0.15) is 0 Å². The second-order valence-corrected chi connectivity index (χ2v) is 5.70. The Labute approximate surface area is 120 Å². The van der Waals surface area contributed by atoms with Crippen LogP contribution in [0, 0.1) is 0 Å². The van der Waals surface area contributed by atoms with Gasteiger partial charge in [-0.15, -0.1) is 0 Å². The summed E-state index contributed by atoms with van der Waals surface area (Å²) in [5, 5.41) is 2.45. The highest BCUT2D eigenvalue weighted by Gasteiger charge is 2.27. The van der Waals surface area contributed by atoms with Crippen molar-refractivity contribution < 1.29 is 4.74 Å². The van der Waals surface area contributed by atoms with E-state index in [-0.39, 0.29) is 6.04 Å². The molecule has 2 unspecified atom stereocenters. The molecule has 3 nitrogen and oxygen atoms in total. The zero-order chi connectivity index (χ0) is 14.1. The maximum Gasteiger partial charge on any atom is 0.119 e. The SMILES string of the molecule is COc1ccc2cc(C3C(N)CCCN3C)ccc2c1. The number of likely N-dealkylation sites (N-methyl/N-ethyl adjacent to an activating group) is 1. The van der Waals surface area contributed by atoms with E-state index in [1.165, 1.54) is 22.8 Å². The van der Waals surface area contributed by atoms with Gasteiger partial charge >= 0.3 is 0 Å². The molecule has 2 aromatic carbocycles. The number of nitrogens with two attached hydrogens (primary N) is 1. The van der Waals surface area contributed by atoms with Crippen LogP contribution < -0.4 is 10.5 Å². The molecule has 1 heterocycles. The van der Waals surface area contributed by atoms with E-state index in [9.17, 15) is 0 Å². The molecular weight excluding hydrogens is 248 g/mol. The van der Waals surface area contributed by atoms with E-state index >= 15 is 0 Å². The predicted molar refractivity (Wildman–Crippen MR) is 83.1 cm³/mol. The Morgan fingerprint density at radius 2 is 1.90 bits per heavy atom. The fourth-order valence-electron chi connectivity index (χ4n) is 3.26. The maximum atomic E-state index is 6.33. The number of ether oxygens (including phenoxy) is 1. The van der Waals surface area contributed by atoms with Gasteiger partial charge in [-0.1, -0.05) is 18.2 Å². The predicted octanol–water partition coefficient (Wildman–Crippen LogP) is 2.94. The Balaban J connectivity index is 1.99. The van der Waals surface area contributed by atoms with Crippen molar-refractivity contribution >= 4 is 10.8 Å². The van der Waals surface area contributed by atoms with Crippen LogP contribution in [0.2, 0.25) is 0 Å². The molecule has 0 aromatic heterocycles. The van der Waals surface area contributed by atoms with E-state index < -0.39 is 0 Å². The lowest BCUT2D eigenvalue weighted by atomic mass is 9.90. The Morgan fingerprint density at radius 3 is 2.65 bits per heavy atom. The van der Waals surface area contributed by atoms with Crippen LogP contribution in [0.1, 0.15) is 24.4 Å². The smallest absolute Gasteiger partial charge is 0.119 e. The van der Waals surface area contributed by atoms with Crippen molar-refractivity contribution in [3.63, 3.8) is 0 Å². The minimum atomic E-state index is 0.226. The van der Waals surface area contributed by atoms with Crippen LogP contribution in [-0.4, -0.2) is 31.6 Å². The van der Waals surface area contributed by atoms with Gasteiger partial charge in [0.15, 0.2) is 0 Å². The summed E-state index contributed by atoms with van der Waals surface area (Å²) in [6.07, 6.45) is 2.30. The molecule has 1 fully saturated rings. The van der Waals surface area contributed by atoms with E-state index in [4.69, 9.17) is 10.5 Å². The quantitative estimate of drug-likeness (QED) is 0.912. The first-order valence-corrected chi connectivity index (χ1v) is 7.22. The molecule has 0 spiro atoms. The number of hydrogen-bond donors (Lipinski definition) is 1. The maximum absolute atomic E-state index is 6.33. The first-order chi connectivity index (χ1) is 9.69. The topological polar surface area (TPSA) is 38.5 Å². The van der Waals surface area contributed by atoms with Gasteiger partial charge in [0.1, 0.15) is 5.75 Å². The second kappa shape index (κ2) is 5.43. The van der Waals surface area contributed by atoms with E-state index in [1.807, 2.05) is 6.07 Å². The molecule has 2 N–H and O–H groups in total. The van der Waals surface area contributed by atoms with Crippen molar-refractivity contribution in [3.05, 3.63) is 42.0 Å². The van der Waals surface area contributed by atoms with E-state index in [2.05, 4.69) is 42.3 Å². The van der Waals surface area contributed by atoms with Gasteiger partial charge in [0.05, 0.1) is 7.11 Å². The van der Waals surface area contributed by atoms with E-state index in [0.717, 1.165) is 18.7 Å². The highest BCUT2D eigenvalue weighted by molar-refractivity contribution is 5.84. The van der Waals surface area contributed by atoms with Gasteiger partial charge < -0.3 is 10.5 Å². The van der Waals surface area contributed by atoms with Gasteiger partial charge in [-0.25, -0.2) is 0 Å². The Kier molecular flexibility index (Phi) is 3.64. The normalized spacial score (nSPS) is 23.9. The minimum Gasteiger partial charge on any atom is -0.497 e. The molecule has 1 saturated heterocycles. The summed E-state index contributed by atoms with van der Waals surface area (Å²) in [4.78, 5) is 2.37. The first-order valence-electron chi connectivity index (χ1n) is 7.22. The van der Waals surface area contributed by atoms with Gasteiger partial charge in [0.2, 0.25) is 0 Å². The molecule has 1 aliphatic heterocycles. The molecule has 0 amide bonds. The Morgan fingerprint density at radius 1 is 1.15 bits per heavy atom. The standard InChI is InChI=1S/C17H22N2O/c1-19-9-3-4-16(18)17(19)14-6-5-13-11-15(20-2)8-7-12(13)10-14/h5-8,10-11,16-17H,3-4,9,18H2,1-2H3. The fraction of sp³-hybridized carbons (Fsp3) is 0.412. The molecule has 0 aliphatic carbocycles. The van der Waals surface area contributed by atoms with Crippen molar-refractivity contribution in [1.29, 1.82) is 0 Å². The number of piperidine rings is 1. The molecule has 1 aliphatic rings. The highest BCUT2D eigenvalue weighted by atomic mass is 16.5. The third-order valence-electron chi connectivity index (χ3n) is 4.34. The summed E-state index contributed by atoms with van der Waals surface area (Å²) in [6.45, 7) is 1.12. The number of likely N-dealkylation sites (tertiary alicyclic amines) is 1. The first kappa shape index (κ1) is 13.4. The van der Waals surface area contributed by atoms with Crippen LogP contribution in [0.25, 0.3) is 10.8 Å². The van der Waals surface area contributed by atoms with E-state index in [0.29, 0.717) is 6.04 Å². The molecule has 20 heavy (non-hydrogen) atoms. The van der Waals surface area contributed by atoms with Crippen LogP contribution in [0.5, 0.6) is 5.75 Å². The lowest BCUT2D eigenvalue weighted by Crippen LogP contribution is -2.43. The summed E-state index contributed by atoms with van der Waals surface area (Å²) < 4.78 is 5.27. The fourth-order valence-corrected chi connectivity index (χ4v) is 3.26. The number of fused-ring (bicyclic) bond motifs is 1. The molecule has 0 radical (unpaired) electrons. The van der Waals surface area contributed by atoms with Crippen molar-refractivity contribution in [2.75, 3.05) is 20.7 Å². The van der Waals surface area contributed by atoms with Gasteiger partial charge in [-0.3, -0.25) is 4.90 Å². The molecule has 0 saturated carbocycles. The van der Waals surface area contributed by atoms with Crippen LogP contribution in [0.4, 0.5) is 0 Å². The van der Waals surface area contributed by atoms with Crippen LogP contribution in [0.15, 0.2) is 36.4 Å². The summed E-state index contributed by atoms with van der Waals surface area (Å²) in [5.41, 5.74) is 7.65. The van der Waals surface area contributed by atoms with Crippen LogP contribution >= 0.6 is 0 Å². The third-order valence-corrected chi connectivity index (χ3v) is 4.34. The molecule has 2 atom stereocenters. The Bertz CT molecular complexity index is 601. The zero-order valence-corrected chi connectivity index (χ0v) is 12.2. The number of hydrogen-bond acceptors (Lipinski definition) is 3. The van der Waals surface area contributed by atoms with Crippen molar-refractivity contribution in [2.45, 2.75) is 24.9 Å². The molecular formula is C17H22N2O. The third kappa shape index (κ3) is 2.39. The molecule has 3 heteroatoms. The number of benzene rings is 2. The lowest BCUT2D eigenvalue weighted by molar-refractivity contribution is 0.163. The van der Waals surface area contributed by atoms with Crippen LogP contribution in [0.3, 0.4) is 0 Å². The van der Waals surface area contributed by atoms with Crippen molar-refractivity contribution in [3.8, 4) is 5.75 Å². The monoisotopic (exact) mass is 270 g/mol. The second-order valence-electron chi connectivity index (χ2n) is 5.70. The van der Waals surface area contributed by atoms with E-state index in [1.54, 1.807) is 7.11 Å². The molecule has 106 valence electrons. The average Bonchev–Trinajstić information content (AvgIpc) is 2.46. The number of methoxy groups -OCH3 is 1. The minimum absolute atomic E-state index is 0.226. The van der Waals surface area contributed by atoms with Gasteiger partial charge in [-0.05, 0) is 61.0 Å². The number of nitrogens with zero attached hydrogens (tertiary/aromatic N) is 1. The molecule has 3 rings (SSSR count). The summed E-state index contributed by atoms with van der Waals surface area (Å²) in [7, 11) is 3.87. The van der Waals surface area contributed by atoms with Gasteiger partial charge in [0.25, 0.3) is 0 Å². The number of rotatable bonds is 2. The summed E-state index contributed by atoms with van der Waals surface area (Å²) in [6, 6.07) is 13.4. The largest absolute Gasteiger partial charge is 0.497 e. The highest BCUT2D eigenvalue weighted by Crippen LogP contribution is 2.31. The average molecular weight is 270 g/mol. The molecule has 2 aromatic rings. The Hall–Kier alpha value is -1.58. The zero-order valence-electron chi connectivity index (χ0n) is 12.2. The van der Waals surface area contributed by atoms with Gasteiger partial charge in [0, 0.05) is 12.1 Å². The van der Waals surface area contributed by atoms with Crippen molar-refractivity contribution in [2.24, 2.45) is 5.73 Å². The summed E-state index contributed by atoms with van der Waals surface area (Å²) >= 11 is 0. The molecule has 0 bridgehead atoms. The summed E-state index contributed by atoms with van der Waals surface area (Å²) in [5.74, 6) is 0.900. The van der Waals surface area contributed by atoms with Crippen LogP contribution in [-0.2, 0) is 0 Å². The van der Waals surface area contributed by atoms with Crippen molar-refractivity contribution in [1.82, 2.24) is 4.90 Å². The lowest BCUT2D eigenvalue weighted by Gasteiger charge is -2.37.